The van der Waals surface area contributed by atoms with E-state index < -0.39 is 55.7 Å². The van der Waals surface area contributed by atoms with Crippen molar-refractivity contribution in [1.29, 1.82) is 0 Å². The standard InChI is InChI=1S/2C31H29F2N3O3.C16H10Cl2F2.C15H21N3O3/c2*1-2-3-14-39-29-26(37)12-13-35-28(29)30(38)34(17-19-8-9-19)18-36(35)31-21(15-20-6-4-5-7-23(20)31)16-22-24(31)10-11-25(32)27(22)33;17-15-7-9-3-1-2-4-11(9)16(15,18)12-5-6-13(19)14(20)10(12)8-15;1-2-3-8-21-14-12(19)6-7-18-13(14)15(20)17(10-16-18)9-11-4-5-11/h4-7,10-13,16,19H,2-3,8-9,14-15,17-18H2,1H3;4-7,10-13,15,19H,2-3,8-9,14,16-18H2,1H3;1-6H,7-8H2;6-7,11,16H,2-5,8-10H2,1H3. The molecular formula is C93H89Cl2F6N9O9. The summed E-state index contributed by atoms with van der Waals surface area (Å²) < 4.78 is 109. The zero-order chi connectivity index (χ0) is 82.7. The number of aromatic nitrogens is 3. The number of rotatable bonds is 20. The molecule has 0 bridgehead atoms. The number of benzene rings is 6. The van der Waals surface area contributed by atoms with Crippen LogP contribution in [0.25, 0.3) is 12.2 Å². The lowest BCUT2D eigenvalue weighted by Gasteiger charge is -2.49. The van der Waals surface area contributed by atoms with Crippen molar-refractivity contribution >= 4 is 53.1 Å². The number of nitrogens with zero attached hydrogens (tertiary/aromatic N) is 8. The van der Waals surface area contributed by atoms with Crippen molar-refractivity contribution in [3.05, 3.63) is 307 Å². The minimum atomic E-state index is -0.979. The quantitative estimate of drug-likeness (QED) is 0.0435. The Morgan fingerprint density at radius 1 is 0.437 bits per heavy atom. The molecule has 616 valence electrons. The first-order valence-corrected chi connectivity index (χ1v) is 42.2. The SMILES string of the molecule is CCCCOc1c2n(ccc1=O)N(C13C(=Cc4c1ccc(F)c4F)Cc1ccccc13)CN(CC1CC1)C2=O.CCCCOc1c2n(ccc1=O)N(C13C(=Cc4ccccc41)Cc1c3ccc(F)c1F)CN(CC1CC1)C2=O.CCCCOc1c2n(ccc1=O)NCN(CC1CC1)C2=O.Fc1ccc2c(c1F)CC1(Cl)Cc3ccccc3C21Cl. The maximum absolute atomic E-state index is 15.3. The van der Waals surface area contributed by atoms with Gasteiger partial charge >= 0.3 is 0 Å². The minimum Gasteiger partial charge on any atom is -0.487 e. The van der Waals surface area contributed by atoms with E-state index in [9.17, 15) is 46.3 Å². The highest BCUT2D eigenvalue weighted by Gasteiger charge is 2.63. The van der Waals surface area contributed by atoms with Crippen molar-refractivity contribution in [3.8, 4) is 17.2 Å². The number of carbonyl (C=O) groups excluding carboxylic acids is 3. The lowest BCUT2D eigenvalue weighted by molar-refractivity contribution is 0.0648. The number of hydrogen-bond donors (Lipinski definition) is 1. The molecule has 21 rings (SSSR count). The molecule has 26 heteroatoms. The monoisotopic (exact) mass is 1660 g/mol. The molecule has 6 heterocycles. The first-order valence-electron chi connectivity index (χ1n) is 41.4. The van der Waals surface area contributed by atoms with E-state index in [0.717, 1.165) is 121 Å². The molecule has 1 N–H and O–H groups in total. The van der Waals surface area contributed by atoms with Crippen LogP contribution in [-0.4, -0.2) is 111 Å². The van der Waals surface area contributed by atoms with Crippen molar-refractivity contribution in [1.82, 2.24) is 28.7 Å². The molecule has 4 atom stereocenters. The summed E-state index contributed by atoms with van der Waals surface area (Å²) >= 11 is 13.6. The Morgan fingerprint density at radius 2 is 0.891 bits per heavy atom. The summed E-state index contributed by atoms with van der Waals surface area (Å²) in [6.07, 6.45) is 21.9. The third kappa shape index (κ3) is 13.1. The Morgan fingerprint density at radius 3 is 1.45 bits per heavy atom. The van der Waals surface area contributed by atoms with Crippen molar-refractivity contribution in [2.24, 2.45) is 17.8 Å². The third-order valence-corrected chi connectivity index (χ3v) is 26.8. The molecule has 3 fully saturated rings. The fourth-order valence-electron chi connectivity index (χ4n) is 19.0. The smallest absolute Gasteiger partial charge is 0.277 e. The lowest BCUT2D eigenvalue weighted by Crippen LogP contribution is -2.62. The predicted octanol–water partition coefficient (Wildman–Crippen LogP) is 15.9. The molecule has 3 aromatic heterocycles. The molecule has 0 spiro atoms. The van der Waals surface area contributed by atoms with Gasteiger partial charge in [-0.05, 0) is 186 Å². The van der Waals surface area contributed by atoms with Gasteiger partial charge in [0.15, 0.2) is 69.2 Å². The predicted molar refractivity (Wildman–Crippen MR) is 441 cm³/mol. The second kappa shape index (κ2) is 31.0. The van der Waals surface area contributed by atoms with E-state index in [1.165, 1.54) is 43.2 Å². The van der Waals surface area contributed by atoms with Gasteiger partial charge in [-0.25, -0.2) is 26.3 Å². The van der Waals surface area contributed by atoms with Gasteiger partial charge in [0.25, 0.3) is 17.7 Å². The fourth-order valence-corrected chi connectivity index (χ4v) is 20.0. The summed E-state index contributed by atoms with van der Waals surface area (Å²) in [6, 6.07) is 36.3. The van der Waals surface area contributed by atoms with Crippen LogP contribution < -0.4 is 45.9 Å². The highest BCUT2D eigenvalue weighted by molar-refractivity contribution is 6.38. The van der Waals surface area contributed by atoms with E-state index in [2.05, 4.69) is 24.5 Å². The number of carbonyl (C=O) groups is 3. The molecule has 9 aromatic rings. The highest BCUT2D eigenvalue weighted by atomic mass is 35.5. The van der Waals surface area contributed by atoms with Gasteiger partial charge < -0.3 is 34.3 Å². The van der Waals surface area contributed by atoms with Gasteiger partial charge in [0.05, 0.1) is 24.7 Å². The van der Waals surface area contributed by atoms with Crippen LogP contribution in [0.4, 0.5) is 26.3 Å². The van der Waals surface area contributed by atoms with Gasteiger partial charge in [0, 0.05) is 74.0 Å². The van der Waals surface area contributed by atoms with Crippen molar-refractivity contribution < 1.29 is 54.9 Å². The van der Waals surface area contributed by atoms with Gasteiger partial charge in [-0.1, -0.05) is 137 Å². The first kappa shape index (κ1) is 79.2. The number of pyridine rings is 3. The van der Waals surface area contributed by atoms with Crippen LogP contribution in [0.15, 0.2) is 172 Å². The number of hydrogen-bond acceptors (Lipinski definition) is 12. The van der Waals surface area contributed by atoms with Crippen LogP contribution in [0, 0.1) is 52.7 Å². The summed E-state index contributed by atoms with van der Waals surface area (Å²) in [5.74, 6) is -4.10. The fraction of sp³-hybridized carbons (Fsp3) is 0.376. The molecular weight excluding hydrogens is 1570 g/mol. The number of nitrogens with one attached hydrogen (secondary N) is 1. The molecule has 0 saturated heterocycles. The summed E-state index contributed by atoms with van der Waals surface area (Å²) in [4.78, 5) is 82.3. The Labute approximate surface area is 693 Å². The molecule has 18 nitrogen and oxygen atoms in total. The van der Waals surface area contributed by atoms with Gasteiger partial charge in [0.2, 0.25) is 16.3 Å². The molecule has 3 saturated carbocycles. The second-order valence-electron chi connectivity index (χ2n) is 33.1. The largest absolute Gasteiger partial charge is 0.487 e. The molecule has 12 aliphatic rings. The number of amides is 3. The summed E-state index contributed by atoms with van der Waals surface area (Å²) in [5, 5.41) is 4.08. The van der Waals surface area contributed by atoms with Gasteiger partial charge in [-0.2, -0.15) is 0 Å². The van der Waals surface area contributed by atoms with Crippen molar-refractivity contribution in [2.75, 3.05) is 74.9 Å². The summed E-state index contributed by atoms with van der Waals surface area (Å²) in [7, 11) is 0. The Hall–Kier alpha value is -11.0. The minimum absolute atomic E-state index is 0.0400. The number of unbranched alkanes of at least 4 members (excludes halogenated alkanes) is 3. The van der Waals surface area contributed by atoms with E-state index in [1.54, 1.807) is 71.6 Å². The molecule has 119 heavy (non-hydrogen) atoms. The average molecular weight is 1660 g/mol. The van der Waals surface area contributed by atoms with Gasteiger partial charge in [0.1, 0.15) is 36.0 Å². The van der Waals surface area contributed by atoms with Crippen LogP contribution in [0.1, 0.15) is 196 Å². The normalized spacial score (nSPS) is 21.8. The van der Waals surface area contributed by atoms with Crippen molar-refractivity contribution in [3.63, 3.8) is 0 Å². The second-order valence-corrected chi connectivity index (χ2v) is 34.4. The van der Waals surface area contributed by atoms with Crippen LogP contribution in [0.3, 0.4) is 0 Å². The maximum Gasteiger partial charge on any atom is 0.277 e. The maximum atomic E-state index is 15.3. The van der Waals surface area contributed by atoms with Crippen LogP contribution in [-0.2, 0) is 41.6 Å². The zero-order valence-electron chi connectivity index (χ0n) is 66.2. The van der Waals surface area contributed by atoms with Crippen LogP contribution in [0.5, 0.6) is 17.2 Å². The molecule has 6 aromatic carbocycles. The molecule has 4 unspecified atom stereocenters. The van der Waals surface area contributed by atoms with Crippen LogP contribution in [0.2, 0.25) is 0 Å². The van der Waals surface area contributed by atoms with Crippen LogP contribution >= 0.6 is 23.2 Å². The number of ether oxygens (including phenoxy) is 3. The topological polar surface area (TPSA) is 173 Å². The summed E-state index contributed by atoms with van der Waals surface area (Å²) in [6.45, 7) is 10.0. The Kier molecular flexibility index (Phi) is 20.6. The van der Waals surface area contributed by atoms with E-state index in [-0.39, 0.29) is 94.4 Å². The zero-order valence-corrected chi connectivity index (χ0v) is 67.7. The highest BCUT2D eigenvalue weighted by Crippen LogP contribution is 2.64. The molecule has 0 radical (unpaired) electrons. The Bertz CT molecular complexity index is 5810. The van der Waals surface area contributed by atoms with E-state index in [1.807, 2.05) is 90.6 Å². The van der Waals surface area contributed by atoms with Gasteiger partial charge in [-0.15, -0.1) is 23.2 Å². The number of fused-ring (bicyclic) bond motifs is 18. The molecule has 9 aliphatic carbocycles. The lowest BCUT2D eigenvalue weighted by atomic mass is 9.83. The van der Waals surface area contributed by atoms with E-state index in [0.29, 0.717) is 104 Å². The first-order chi connectivity index (χ1) is 57.6. The average Bonchev–Trinajstić information content (AvgIpc) is 1.54. The van der Waals surface area contributed by atoms with E-state index >= 15 is 8.78 Å². The number of alkyl halides is 2. The third-order valence-electron chi connectivity index (χ3n) is 25.4. The Balaban J connectivity index is 0.000000114. The van der Waals surface area contributed by atoms with Crippen molar-refractivity contribution in [2.45, 2.75) is 144 Å². The molecule has 3 amide bonds. The van der Waals surface area contributed by atoms with E-state index in [4.69, 9.17) is 37.4 Å². The summed E-state index contributed by atoms with van der Waals surface area (Å²) in [5.41, 5.74) is 11.4. The molecule has 3 aliphatic heterocycles. The number of halogens is 8. The van der Waals surface area contributed by atoms with Gasteiger partial charge in [-0.3, -0.25) is 52.8 Å².